The third kappa shape index (κ3) is 8.67. The molecule has 0 radical (unpaired) electrons. The van der Waals surface area contributed by atoms with Gasteiger partial charge in [-0.2, -0.15) is 9.97 Å². The van der Waals surface area contributed by atoms with E-state index in [-0.39, 0.29) is 0 Å². The molecule has 14 aromatic carbocycles. The second-order valence-corrected chi connectivity index (χ2v) is 25.8. The van der Waals surface area contributed by atoms with Crippen molar-refractivity contribution in [3.05, 3.63) is 334 Å². The van der Waals surface area contributed by atoms with Gasteiger partial charge in [0.15, 0.2) is 29.1 Å². The summed E-state index contributed by atoms with van der Waals surface area (Å²) >= 11 is 0. The molecule has 0 aliphatic heterocycles. The SMILES string of the molecule is c1ccc(-c2nc(-c3ccccc3)nc(-c3cc(-n4c5ccccc5c5ccccc54)c(-n4c5ccccc5c5cc(-c6nc(-c7ccccc7)nc(-n7c8ccccc8c8cccc(-n9c%10ccccc%10c%10ccccc%109)c87)n6)ccc54)c(-n4c5ccccc5c5ccccc54)c3)n2)cc1. The second-order valence-electron chi connectivity index (χ2n) is 25.8. The van der Waals surface area contributed by atoms with E-state index in [1.54, 1.807) is 0 Å². The number of hydrogen-bond acceptors (Lipinski definition) is 6. The quantitative estimate of drug-likeness (QED) is 0.135. The summed E-state index contributed by atoms with van der Waals surface area (Å²) in [5, 5.41) is 11.2. The molecule has 0 saturated heterocycles. The maximum Gasteiger partial charge on any atom is 0.238 e. The molecule has 101 heavy (non-hydrogen) atoms. The molecule has 470 valence electrons. The van der Waals surface area contributed by atoms with E-state index in [9.17, 15) is 0 Å². The van der Waals surface area contributed by atoms with Crippen molar-refractivity contribution in [3.8, 4) is 85.6 Å². The van der Waals surface area contributed by atoms with Crippen LogP contribution in [0.1, 0.15) is 0 Å². The molecular weight excluding hydrogens is 1240 g/mol. The first-order valence-electron chi connectivity index (χ1n) is 34.0. The fourth-order valence-electron chi connectivity index (χ4n) is 15.8. The number of para-hydroxylation sites is 9. The Labute approximate surface area is 577 Å². The number of fused-ring (bicyclic) bond motifs is 15. The van der Waals surface area contributed by atoms with Crippen LogP contribution in [0.2, 0.25) is 0 Å². The van der Waals surface area contributed by atoms with E-state index >= 15 is 0 Å². The van der Waals surface area contributed by atoms with Gasteiger partial charge in [-0.05, 0) is 84.9 Å². The first kappa shape index (κ1) is 56.3. The molecule has 0 N–H and O–H groups in total. The van der Waals surface area contributed by atoms with Gasteiger partial charge >= 0.3 is 0 Å². The van der Waals surface area contributed by atoms with E-state index in [0.29, 0.717) is 35.1 Å². The maximum atomic E-state index is 5.67. The maximum absolute atomic E-state index is 5.67. The minimum Gasteiger partial charge on any atom is -0.307 e. The van der Waals surface area contributed by atoms with Gasteiger partial charge in [0.2, 0.25) is 5.95 Å². The lowest BCUT2D eigenvalue weighted by Crippen LogP contribution is -2.10. The molecule has 7 aromatic heterocycles. The average molecular weight is 1290 g/mol. The van der Waals surface area contributed by atoms with Crippen LogP contribution in [-0.4, -0.2) is 52.7 Å². The monoisotopic (exact) mass is 1290 g/mol. The van der Waals surface area contributed by atoms with E-state index in [4.69, 9.17) is 29.9 Å². The zero-order valence-corrected chi connectivity index (χ0v) is 54.2. The summed E-state index contributed by atoms with van der Waals surface area (Å²) < 4.78 is 12.0. The van der Waals surface area contributed by atoms with E-state index < -0.39 is 0 Å². The van der Waals surface area contributed by atoms with Crippen molar-refractivity contribution in [2.24, 2.45) is 0 Å². The van der Waals surface area contributed by atoms with Crippen molar-refractivity contribution < 1.29 is 0 Å². The van der Waals surface area contributed by atoms with Crippen LogP contribution in [0.15, 0.2) is 334 Å². The molecule has 11 nitrogen and oxygen atoms in total. The summed E-state index contributed by atoms with van der Waals surface area (Å²) in [6.07, 6.45) is 0. The van der Waals surface area contributed by atoms with Crippen molar-refractivity contribution in [1.29, 1.82) is 0 Å². The Bertz CT molecular complexity index is 6600. The van der Waals surface area contributed by atoms with Crippen LogP contribution in [0.3, 0.4) is 0 Å². The largest absolute Gasteiger partial charge is 0.307 e. The highest BCUT2D eigenvalue weighted by Crippen LogP contribution is 2.47. The van der Waals surface area contributed by atoms with Crippen LogP contribution < -0.4 is 0 Å². The van der Waals surface area contributed by atoms with Crippen LogP contribution in [0.4, 0.5) is 0 Å². The Morgan fingerprint density at radius 1 is 0.168 bits per heavy atom. The third-order valence-electron chi connectivity index (χ3n) is 20.2. The van der Waals surface area contributed by atoms with Crippen LogP contribution in [-0.2, 0) is 0 Å². The van der Waals surface area contributed by atoms with Crippen LogP contribution in [0, 0.1) is 0 Å². The summed E-state index contributed by atoms with van der Waals surface area (Å²) in [6.45, 7) is 0. The average Bonchev–Trinajstić information content (AvgIpc) is 1.58. The van der Waals surface area contributed by atoms with Gasteiger partial charge < -0.3 is 18.3 Å². The lowest BCUT2D eigenvalue weighted by Gasteiger charge is -2.23. The first-order chi connectivity index (χ1) is 50.1. The van der Waals surface area contributed by atoms with E-state index in [1.165, 1.54) is 10.8 Å². The summed E-state index contributed by atoms with van der Waals surface area (Å²) in [4.78, 5) is 32.8. The molecule has 0 fully saturated rings. The topological polar surface area (TPSA) is 102 Å². The predicted octanol–water partition coefficient (Wildman–Crippen LogP) is 21.9. The molecule has 11 heteroatoms. The zero-order valence-electron chi connectivity index (χ0n) is 54.2. The zero-order chi connectivity index (χ0) is 66.2. The minimum atomic E-state index is 0.507. The van der Waals surface area contributed by atoms with Gasteiger partial charge in [0.05, 0.1) is 77.9 Å². The Balaban J connectivity index is 0.861. The number of hydrogen-bond donors (Lipinski definition) is 0. The van der Waals surface area contributed by atoms with Gasteiger partial charge in [-0.25, -0.2) is 19.9 Å². The number of aromatic nitrogens is 11. The van der Waals surface area contributed by atoms with Crippen LogP contribution >= 0.6 is 0 Å². The molecular formula is C90H55N11. The molecule has 21 rings (SSSR count). The highest BCUT2D eigenvalue weighted by Gasteiger charge is 2.29. The normalized spacial score (nSPS) is 12.0. The molecule has 7 heterocycles. The summed E-state index contributed by atoms with van der Waals surface area (Å²) in [7, 11) is 0. The molecule has 0 saturated carbocycles. The molecule has 21 aromatic rings. The molecule has 0 amide bonds. The van der Waals surface area contributed by atoms with Gasteiger partial charge in [-0.3, -0.25) is 4.57 Å². The van der Waals surface area contributed by atoms with Crippen LogP contribution in [0.5, 0.6) is 0 Å². The summed E-state index contributed by atoms with van der Waals surface area (Å²) in [5.74, 6) is 3.30. The molecule has 0 aliphatic carbocycles. The van der Waals surface area contributed by atoms with Crippen molar-refractivity contribution in [2.45, 2.75) is 0 Å². The summed E-state index contributed by atoms with van der Waals surface area (Å²) in [6, 6.07) is 118. The second kappa shape index (κ2) is 22.3. The Morgan fingerprint density at radius 2 is 0.455 bits per heavy atom. The van der Waals surface area contributed by atoms with E-state index in [1.807, 2.05) is 54.6 Å². The molecule has 0 aliphatic rings. The minimum absolute atomic E-state index is 0.507. The molecule has 0 bridgehead atoms. The highest BCUT2D eigenvalue weighted by molar-refractivity contribution is 6.17. The van der Waals surface area contributed by atoms with Gasteiger partial charge in [0, 0.05) is 81.7 Å². The summed E-state index contributed by atoms with van der Waals surface area (Å²) in [5.41, 5.74) is 18.5. The lowest BCUT2D eigenvalue weighted by atomic mass is 10.1. The van der Waals surface area contributed by atoms with Crippen LogP contribution in [0.25, 0.3) is 195 Å². The van der Waals surface area contributed by atoms with Crippen molar-refractivity contribution in [1.82, 2.24) is 52.7 Å². The molecule has 0 atom stereocenters. The van der Waals surface area contributed by atoms with Crippen molar-refractivity contribution in [3.63, 3.8) is 0 Å². The Kier molecular flexibility index (Phi) is 12.4. The van der Waals surface area contributed by atoms with Crippen molar-refractivity contribution in [2.75, 3.05) is 0 Å². The standard InChI is InChI=1S/C90H55N11/c1-4-27-56(28-5-1)85-91-86(57-29-6-2-7-30-57)93-89(92-85)60-54-81(98-73-44-20-12-35-63(73)64-36-13-21-45-74(64)98)84(82(55-60)99-75-46-22-14-37-65(75)66-38-15-23-47-76(66)99)100-77-48-24-17-40-68(77)70-53-59(51-52-79(70)100)88-94-87(58-31-8-3-9-32-58)95-90(96-88)101-78-49-25-16-39-67(78)69-41-26-50-80(83(69)101)97-71-42-18-10-33-61(71)62-34-11-19-43-72(62)97/h1-55H. The number of rotatable bonds is 10. The highest BCUT2D eigenvalue weighted by atomic mass is 15.2. The van der Waals surface area contributed by atoms with Gasteiger partial charge in [-0.15, -0.1) is 0 Å². The predicted molar refractivity (Wildman–Crippen MR) is 412 cm³/mol. The van der Waals surface area contributed by atoms with Gasteiger partial charge in [0.25, 0.3) is 0 Å². The van der Waals surface area contributed by atoms with Gasteiger partial charge in [-0.1, -0.05) is 249 Å². The lowest BCUT2D eigenvalue weighted by molar-refractivity contribution is 0.950. The Hall–Kier alpha value is -13.9. The Morgan fingerprint density at radius 3 is 0.861 bits per heavy atom. The third-order valence-corrected chi connectivity index (χ3v) is 20.2. The molecule has 0 unspecified atom stereocenters. The number of nitrogens with zero attached hydrogens (tertiary/aromatic N) is 11. The molecule has 0 spiro atoms. The fraction of sp³-hybridized carbons (Fsp3) is 0. The number of benzene rings is 14. The smallest absolute Gasteiger partial charge is 0.238 e. The first-order valence-corrected chi connectivity index (χ1v) is 34.0. The fourth-order valence-corrected chi connectivity index (χ4v) is 15.8. The van der Waals surface area contributed by atoms with Gasteiger partial charge in [0.1, 0.15) is 0 Å². The van der Waals surface area contributed by atoms with E-state index in [2.05, 4.69) is 302 Å². The van der Waals surface area contributed by atoms with E-state index in [0.717, 1.165) is 149 Å². The van der Waals surface area contributed by atoms with Crippen molar-refractivity contribution >= 4 is 109 Å².